The first-order valence-corrected chi connectivity index (χ1v) is 10.5. The predicted octanol–water partition coefficient (Wildman–Crippen LogP) is 4.73. The maximum atomic E-state index is 12.1. The SMILES string of the molecule is CCOC(=O)C1CCN(c2nc3cc(C)c(C)cc3n2-c2ccc(C)cc2)CC1. The number of ether oxygens (including phenoxy) is 1. The molecule has 5 nitrogen and oxygen atoms in total. The lowest BCUT2D eigenvalue weighted by Crippen LogP contribution is -2.38. The first-order chi connectivity index (χ1) is 14.0. The fourth-order valence-electron chi connectivity index (χ4n) is 4.06. The van der Waals surface area contributed by atoms with Crippen LogP contribution in [-0.2, 0) is 9.53 Å². The Hall–Kier alpha value is -2.82. The fraction of sp³-hybridized carbons (Fsp3) is 0.417. The van der Waals surface area contributed by atoms with Crippen molar-refractivity contribution >= 4 is 23.0 Å². The summed E-state index contributed by atoms with van der Waals surface area (Å²) in [5.41, 5.74) is 7.00. The third kappa shape index (κ3) is 3.74. The highest BCUT2D eigenvalue weighted by molar-refractivity contribution is 5.83. The number of hydrogen-bond donors (Lipinski definition) is 0. The first-order valence-electron chi connectivity index (χ1n) is 10.5. The van der Waals surface area contributed by atoms with Crippen molar-refractivity contribution in [1.29, 1.82) is 0 Å². The summed E-state index contributed by atoms with van der Waals surface area (Å²) in [6, 6.07) is 13.0. The number of carbonyl (C=O) groups excluding carboxylic acids is 1. The molecule has 1 aliphatic rings. The highest BCUT2D eigenvalue weighted by atomic mass is 16.5. The molecular weight excluding hydrogens is 362 g/mol. The van der Waals surface area contributed by atoms with E-state index in [0.717, 1.165) is 48.6 Å². The molecule has 0 amide bonds. The molecule has 0 N–H and O–H groups in total. The van der Waals surface area contributed by atoms with Gasteiger partial charge in [0.1, 0.15) is 0 Å². The third-order valence-electron chi connectivity index (χ3n) is 5.94. The van der Waals surface area contributed by atoms with E-state index in [2.05, 4.69) is 66.6 Å². The van der Waals surface area contributed by atoms with Gasteiger partial charge in [0, 0.05) is 18.8 Å². The van der Waals surface area contributed by atoms with Crippen LogP contribution in [0.15, 0.2) is 36.4 Å². The summed E-state index contributed by atoms with van der Waals surface area (Å²) in [5, 5.41) is 0. The van der Waals surface area contributed by atoms with Crippen molar-refractivity contribution in [1.82, 2.24) is 9.55 Å². The standard InChI is InChI=1S/C24H29N3O2/c1-5-29-23(28)19-10-12-26(13-11-19)24-25-21-14-17(3)18(4)15-22(21)27(24)20-8-6-16(2)7-9-20/h6-9,14-15,19H,5,10-13H2,1-4H3. The number of fused-ring (bicyclic) bond motifs is 1. The molecule has 1 aliphatic heterocycles. The number of esters is 1. The minimum atomic E-state index is -0.0644. The Bertz CT molecular complexity index is 1030. The lowest BCUT2D eigenvalue weighted by atomic mass is 9.97. The lowest BCUT2D eigenvalue weighted by Gasteiger charge is -2.32. The number of piperidine rings is 1. The van der Waals surface area contributed by atoms with Crippen LogP contribution in [-0.4, -0.2) is 35.2 Å². The molecule has 1 saturated heterocycles. The zero-order valence-corrected chi connectivity index (χ0v) is 17.7. The van der Waals surface area contributed by atoms with Crippen molar-refractivity contribution in [3.05, 3.63) is 53.1 Å². The number of anilines is 1. The molecule has 4 rings (SSSR count). The van der Waals surface area contributed by atoms with Gasteiger partial charge in [-0.3, -0.25) is 9.36 Å². The van der Waals surface area contributed by atoms with Gasteiger partial charge in [-0.2, -0.15) is 0 Å². The van der Waals surface area contributed by atoms with E-state index in [1.54, 1.807) is 0 Å². The summed E-state index contributed by atoms with van der Waals surface area (Å²) in [5.74, 6) is 0.884. The molecule has 29 heavy (non-hydrogen) atoms. The summed E-state index contributed by atoms with van der Waals surface area (Å²) in [6.07, 6.45) is 1.60. The van der Waals surface area contributed by atoms with Crippen molar-refractivity contribution in [3.8, 4) is 5.69 Å². The molecule has 5 heteroatoms. The van der Waals surface area contributed by atoms with E-state index in [4.69, 9.17) is 9.72 Å². The van der Waals surface area contributed by atoms with Crippen molar-refractivity contribution < 1.29 is 9.53 Å². The van der Waals surface area contributed by atoms with E-state index in [1.165, 1.54) is 16.7 Å². The normalized spacial score (nSPS) is 15.1. The number of nitrogens with zero attached hydrogens (tertiary/aromatic N) is 3. The predicted molar refractivity (Wildman–Crippen MR) is 117 cm³/mol. The maximum Gasteiger partial charge on any atom is 0.309 e. The summed E-state index contributed by atoms with van der Waals surface area (Å²) < 4.78 is 7.48. The molecule has 0 radical (unpaired) electrons. The number of carbonyl (C=O) groups is 1. The topological polar surface area (TPSA) is 47.4 Å². The lowest BCUT2D eigenvalue weighted by molar-refractivity contribution is -0.148. The second kappa shape index (κ2) is 7.90. The molecule has 2 heterocycles. The largest absolute Gasteiger partial charge is 0.466 e. The Labute approximate surface area is 172 Å². The van der Waals surface area contributed by atoms with Gasteiger partial charge < -0.3 is 9.64 Å². The highest BCUT2D eigenvalue weighted by Crippen LogP contribution is 2.31. The molecular formula is C24H29N3O2. The molecule has 3 aromatic rings. The average molecular weight is 392 g/mol. The zero-order valence-electron chi connectivity index (χ0n) is 17.7. The molecule has 0 atom stereocenters. The quantitative estimate of drug-likeness (QED) is 0.603. The van der Waals surface area contributed by atoms with Gasteiger partial charge in [-0.05, 0) is 75.9 Å². The molecule has 152 valence electrons. The van der Waals surface area contributed by atoms with Crippen molar-refractivity contribution in [2.24, 2.45) is 5.92 Å². The number of aryl methyl sites for hydroxylation is 3. The van der Waals surface area contributed by atoms with Crippen LogP contribution >= 0.6 is 0 Å². The van der Waals surface area contributed by atoms with Gasteiger partial charge in [-0.1, -0.05) is 17.7 Å². The Morgan fingerprint density at radius 1 is 1.07 bits per heavy atom. The smallest absolute Gasteiger partial charge is 0.309 e. The second-order valence-electron chi connectivity index (χ2n) is 8.02. The van der Waals surface area contributed by atoms with Gasteiger partial charge in [-0.15, -0.1) is 0 Å². The molecule has 0 spiro atoms. The average Bonchev–Trinajstić information content (AvgIpc) is 3.07. The minimum absolute atomic E-state index is 0.00658. The van der Waals surface area contributed by atoms with Crippen LogP contribution in [0.2, 0.25) is 0 Å². The van der Waals surface area contributed by atoms with Crippen molar-refractivity contribution in [2.45, 2.75) is 40.5 Å². The molecule has 0 bridgehead atoms. The van der Waals surface area contributed by atoms with Gasteiger partial charge in [0.2, 0.25) is 5.95 Å². The minimum Gasteiger partial charge on any atom is -0.466 e. The number of aromatic nitrogens is 2. The third-order valence-corrected chi connectivity index (χ3v) is 5.94. The van der Waals surface area contributed by atoms with Gasteiger partial charge in [-0.25, -0.2) is 4.98 Å². The van der Waals surface area contributed by atoms with Crippen LogP contribution in [0, 0.1) is 26.7 Å². The zero-order chi connectivity index (χ0) is 20.5. The fourth-order valence-corrected chi connectivity index (χ4v) is 4.06. The van der Waals surface area contributed by atoms with Gasteiger partial charge in [0.05, 0.1) is 23.6 Å². The van der Waals surface area contributed by atoms with Gasteiger partial charge >= 0.3 is 5.97 Å². The van der Waals surface area contributed by atoms with E-state index in [1.807, 2.05) is 6.92 Å². The monoisotopic (exact) mass is 391 g/mol. The summed E-state index contributed by atoms with van der Waals surface area (Å²) >= 11 is 0. The molecule has 1 fully saturated rings. The van der Waals surface area contributed by atoms with Crippen molar-refractivity contribution in [2.75, 3.05) is 24.6 Å². The van der Waals surface area contributed by atoms with Crippen LogP contribution in [0.3, 0.4) is 0 Å². The molecule has 0 saturated carbocycles. The van der Waals surface area contributed by atoms with Crippen LogP contribution in [0.5, 0.6) is 0 Å². The number of benzene rings is 2. The van der Waals surface area contributed by atoms with Gasteiger partial charge in [0.15, 0.2) is 0 Å². The molecule has 0 unspecified atom stereocenters. The van der Waals surface area contributed by atoms with E-state index < -0.39 is 0 Å². The van der Waals surface area contributed by atoms with Gasteiger partial charge in [0.25, 0.3) is 0 Å². The Morgan fingerprint density at radius 2 is 1.72 bits per heavy atom. The van der Waals surface area contributed by atoms with Crippen LogP contribution in [0.4, 0.5) is 5.95 Å². The molecule has 0 aliphatic carbocycles. The Kier molecular flexibility index (Phi) is 5.31. The van der Waals surface area contributed by atoms with Crippen LogP contribution < -0.4 is 4.90 Å². The number of hydrogen-bond acceptors (Lipinski definition) is 4. The molecule has 1 aromatic heterocycles. The highest BCUT2D eigenvalue weighted by Gasteiger charge is 2.29. The summed E-state index contributed by atoms with van der Waals surface area (Å²) in [6.45, 7) is 10.3. The number of imidazole rings is 1. The van der Waals surface area contributed by atoms with Crippen molar-refractivity contribution in [3.63, 3.8) is 0 Å². The summed E-state index contributed by atoms with van der Waals surface area (Å²) in [7, 11) is 0. The van der Waals surface area contributed by atoms with E-state index >= 15 is 0 Å². The number of rotatable bonds is 4. The maximum absolute atomic E-state index is 12.1. The van der Waals surface area contributed by atoms with E-state index in [0.29, 0.717) is 6.61 Å². The summed E-state index contributed by atoms with van der Waals surface area (Å²) in [4.78, 5) is 19.4. The second-order valence-corrected chi connectivity index (χ2v) is 8.02. The van der Waals surface area contributed by atoms with Crippen LogP contribution in [0.1, 0.15) is 36.5 Å². The van der Waals surface area contributed by atoms with E-state index in [-0.39, 0.29) is 11.9 Å². The Balaban J connectivity index is 1.73. The Morgan fingerprint density at radius 3 is 2.38 bits per heavy atom. The van der Waals surface area contributed by atoms with E-state index in [9.17, 15) is 4.79 Å². The first kappa shape index (κ1) is 19.5. The molecule has 2 aromatic carbocycles. The van der Waals surface area contributed by atoms with Crippen LogP contribution in [0.25, 0.3) is 16.7 Å².